The summed E-state index contributed by atoms with van der Waals surface area (Å²) in [7, 11) is 0. The van der Waals surface area contributed by atoms with Crippen LogP contribution in [0.3, 0.4) is 0 Å². The second-order valence-electron chi connectivity index (χ2n) is 2.20. The minimum absolute atomic E-state index is 0. The molecule has 0 amide bonds. The van der Waals surface area contributed by atoms with Gasteiger partial charge in [-0.3, -0.25) is 4.79 Å². The Balaban J connectivity index is -0.000000245. The van der Waals surface area contributed by atoms with Crippen molar-refractivity contribution in [1.29, 1.82) is 0 Å². The molecule has 0 aromatic carbocycles. The lowest BCUT2D eigenvalue weighted by molar-refractivity contribution is -0.141. The fourth-order valence-electron chi connectivity index (χ4n) is 0.284. The summed E-state index contributed by atoms with van der Waals surface area (Å²) in [6.07, 6.45) is 0. The van der Waals surface area contributed by atoms with Crippen LogP contribution in [0.4, 0.5) is 0 Å². The van der Waals surface area contributed by atoms with Crippen molar-refractivity contribution < 1.29 is 9.53 Å². The minimum Gasteiger partial charge on any atom is -0.466 e. The van der Waals surface area contributed by atoms with Crippen LogP contribution in [0.2, 0.25) is 0 Å². The quantitative estimate of drug-likeness (QED) is 0.621. The monoisotopic (exact) mass is 188 g/mol. The maximum Gasteiger partial charge on any atom is 0.302 e. The summed E-state index contributed by atoms with van der Waals surface area (Å²) in [5.74, 6) is 0.248. The SMILES string of the molecule is CC(=O)OCC(C)C.Cl.Cl. The van der Waals surface area contributed by atoms with Crippen molar-refractivity contribution in [2.24, 2.45) is 5.92 Å². The first-order chi connectivity index (χ1) is 3.63. The molecule has 0 radical (unpaired) electrons. The van der Waals surface area contributed by atoms with Crippen LogP contribution in [-0.2, 0) is 9.53 Å². The molecule has 0 aromatic heterocycles. The lowest BCUT2D eigenvalue weighted by Gasteiger charge is -2.02. The van der Waals surface area contributed by atoms with Crippen LogP contribution in [0, 0.1) is 5.92 Å². The van der Waals surface area contributed by atoms with Crippen molar-refractivity contribution in [1.82, 2.24) is 0 Å². The summed E-state index contributed by atoms with van der Waals surface area (Å²) in [4.78, 5) is 10.1. The average Bonchev–Trinajstić information content (AvgIpc) is 1.61. The highest BCUT2D eigenvalue weighted by molar-refractivity contribution is 5.85. The topological polar surface area (TPSA) is 26.3 Å². The van der Waals surface area contributed by atoms with Crippen LogP contribution in [0.1, 0.15) is 20.8 Å². The van der Waals surface area contributed by atoms with E-state index in [1.807, 2.05) is 13.8 Å². The predicted molar refractivity (Wildman–Crippen MR) is 46.0 cm³/mol. The molecule has 0 saturated carbocycles. The van der Waals surface area contributed by atoms with E-state index in [9.17, 15) is 4.79 Å². The minimum atomic E-state index is -0.196. The number of carbonyl (C=O) groups excluding carboxylic acids is 1. The second kappa shape index (κ2) is 9.05. The van der Waals surface area contributed by atoms with Gasteiger partial charge in [-0.25, -0.2) is 0 Å². The average molecular weight is 189 g/mol. The van der Waals surface area contributed by atoms with Crippen molar-refractivity contribution in [3.8, 4) is 0 Å². The van der Waals surface area contributed by atoms with Crippen LogP contribution < -0.4 is 0 Å². The third-order valence-electron chi connectivity index (χ3n) is 0.620. The maximum absolute atomic E-state index is 10.1. The molecule has 0 aliphatic carbocycles. The molecule has 2 nitrogen and oxygen atoms in total. The Bertz CT molecular complexity index is 83.8. The second-order valence-corrected chi connectivity index (χ2v) is 2.20. The highest BCUT2D eigenvalue weighted by atomic mass is 35.5. The molecule has 64 valence electrons. The molecule has 0 aliphatic rings. The van der Waals surface area contributed by atoms with Gasteiger partial charge in [0.05, 0.1) is 6.61 Å². The zero-order valence-electron chi connectivity index (χ0n) is 6.42. The highest BCUT2D eigenvalue weighted by Crippen LogP contribution is 1.91. The molecule has 0 fully saturated rings. The largest absolute Gasteiger partial charge is 0.466 e. The molecule has 0 atom stereocenters. The standard InChI is InChI=1S/C6H12O2.2ClH/c1-5(2)4-8-6(3)7;;/h5H,4H2,1-3H3;2*1H. The lowest BCUT2D eigenvalue weighted by atomic mass is 10.2. The fraction of sp³-hybridized carbons (Fsp3) is 0.833. The van der Waals surface area contributed by atoms with E-state index in [1.54, 1.807) is 0 Å². The lowest BCUT2D eigenvalue weighted by Crippen LogP contribution is -2.05. The Morgan fingerprint density at radius 3 is 1.90 bits per heavy atom. The summed E-state index contributed by atoms with van der Waals surface area (Å²) in [6.45, 7) is 5.96. The number of hydrogen-bond acceptors (Lipinski definition) is 2. The van der Waals surface area contributed by atoms with Gasteiger partial charge < -0.3 is 4.74 Å². The molecule has 10 heavy (non-hydrogen) atoms. The Morgan fingerprint density at radius 1 is 1.40 bits per heavy atom. The van der Waals surface area contributed by atoms with E-state index in [2.05, 4.69) is 4.74 Å². The van der Waals surface area contributed by atoms with E-state index in [0.29, 0.717) is 12.5 Å². The first-order valence-electron chi connectivity index (χ1n) is 2.76. The number of esters is 1. The summed E-state index contributed by atoms with van der Waals surface area (Å²) in [5, 5.41) is 0. The molecular weight excluding hydrogens is 175 g/mol. The van der Waals surface area contributed by atoms with Crippen LogP contribution in [0.5, 0.6) is 0 Å². The maximum atomic E-state index is 10.1. The van der Waals surface area contributed by atoms with Crippen LogP contribution in [0.15, 0.2) is 0 Å². The number of carbonyl (C=O) groups is 1. The van der Waals surface area contributed by atoms with Gasteiger partial charge in [0, 0.05) is 6.92 Å². The third kappa shape index (κ3) is 15.7. The number of hydrogen-bond donors (Lipinski definition) is 0. The van der Waals surface area contributed by atoms with Gasteiger partial charge in [-0.05, 0) is 5.92 Å². The van der Waals surface area contributed by atoms with Gasteiger partial charge in [-0.15, -0.1) is 24.8 Å². The summed E-state index contributed by atoms with van der Waals surface area (Å²) in [6, 6.07) is 0. The first-order valence-corrected chi connectivity index (χ1v) is 2.76. The van der Waals surface area contributed by atoms with E-state index >= 15 is 0 Å². The highest BCUT2D eigenvalue weighted by Gasteiger charge is 1.94. The molecule has 0 N–H and O–H groups in total. The molecular formula is C6H14Cl2O2. The number of halogens is 2. The number of ether oxygens (including phenoxy) is 1. The first kappa shape index (κ1) is 16.6. The summed E-state index contributed by atoms with van der Waals surface area (Å²) < 4.78 is 4.66. The predicted octanol–water partition coefficient (Wildman–Crippen LogP) is 2.05. The molecule has 0 rings (SSSR count). The van der Waals surface area contributed by atoms with Crippen molar-refractivity contribution in [3.63, 3.8) is 0 Å². The van der Waals surface area contributed by atoms with E-state index in [1.165, 1.54) is 6.92 Å². The molecule has 4 heteroatoms. The van der Waals surface area contributed by atoms with E-state index in [0.717, 1.165) is 0 Å². The normalized spacial score (nSPS) is 7.60. The summed E-state index contributed by atoms with van der Waals surface area (Å²) in [5.41, 5.74) is 0. The van der Waals surface area contributed by atoms with Gasteiger partial charge in [-0.2, -0.15) is 0 Å². The van der Waals surface area contributed by atoms with Crippen molar-refractivity contribution >= 4 is 30.8 Å². The zero-order chi connectivity index (χ0) is 6.57. The van der Waals surface area contributed by atoms with Gasteiger partial charge in [0.15, 0.2) is 0 Å². The molecule has 0 aliphatic heterocycles. The van der Waals surface area contributed by atoms with Gasteiger partial charge in [-0.1, -0.05) is 13.8 Å². The Morgan fingerprint density at radius 2 is 1.80 bits per heavy atom. The fourth-order valence-corrected chi connectivity index (χ4v) is 0.284. The zero-order valence-corrected chi connectivity index (χ0v) is 8.05. The number of rotatable bonds is 2. The molecule has 0 heterocycles. The molecule has 0 aromatic rings. The smallest absolute Gasteiger partial charge is 0.302 e. The van der Waals surface area contributed by atoms with Gasteiger partial charge in [0.25, 0.3) is 0 Å². The van der Waals surface area contributed by atoms with Crippen molar-refractivity contribution in [2.45, 2.75) is 20.8 Å². The molecule has 0 spiro atoms. The van der Waals surface area contributed by atoms with Gasteiger partial charge >= 0.3 is 5.97 Å². The van der Waals surface area contributed by atoms with Crippen LogP contribution >= 0.6 is 24.8 Å². The molecule has 0 unspecified atom stereocenters. The van der Waals surface area contributed by atoms with E-state index in [-0.39, 0.29) is 30.8 Å². The van der Waals surface area contributed by atoms with E-state index < -0.39 is 0 Å². The Labute approximate surface area is 74.1 Å². The van der Waals surface area contributed by atoms with Gasteiger partial charge in [0.2, 0.25) is 0 Å². The Hall–Kier alpha value is 0.0500. The van der Waals surface area contributed by atoms with Crippen molar-refractivity contribution in [2.75, 3.05) is 6.61 Å². The molecule has 0 bridgehead atoms. The Kier molecular flexibility index (Phi) is 15.0. The van der Waals surface area contributed by atoms with Gasteiger partial charge in [0.1, 0.15) is 0 Å². The van der Waals surface area contributed by atoms with Crippen LogP contribution in [0.25, 0.3) is 0 Å². The summed E-state index contributed by atoms with van der Waals surface area (Å²) >= 11 is 0. The van der Waals surface area contributed by atoms with Crippen molar-refractivity contribution in [3.05, 3.63) is 0 Å². The third-order valence-corrected chi connectivity index (χ3v) is 0.620. The van der Waals surface area contributed by atoms with Crippen LogP contribution in [-0.4, -0.2) is 12.6 Å². The molecule has 0 saturated heterocycles. The van der Waals surface area contributed by atoms with E-state index in [4.69, 9.17) is 0 Å².